The number of rotatable bonds is 13. The number of ether oxygens (including phenoxy) is 4. The molecule has 0 bridgehead atoms. The highest BCUT2D eigenvalue weighted by molar-refractivity contribution is 4.47. The Morgan fingerprint density at radius 2 is 1.53 bits per heavy atom. The van der Waals surface area contributed by atoms with Gasteiger partial charge in [-0.3, -0.25) is 0 Å². The summed E-state index contributed by atoms with van der Waals surface area (Å²) >= 11 is 0. The first-order valence-electron chi connectivity index (χ1n) is 6.27. The van der Waals surface area contributed by atoms with Crippen LogP contribution >= 0.6 is 0 Å². The molecule has 0 radical (unpaired) electrons. The standard InChI is InChI=1S/C12H26O5/c1-3-5-16-11-12(2)17-10-9-15-8-7-14-6-4-13/h12-13H,3-11H2,1-2H3. The number of hydrogen-bond donors (Lipinski definition) is 1. The van der Waals surface area contributed by atoms with Crippen molar-refractivity contribution in [1.29, 1.82) is 0 Å². The fourth-order valence-corrected chi connectivity index (χ4v) is 1.14. The molecule has 0 aromatic rings. The fourth-order valence-electron chi connectivity index (χ4n) is 1.14. The number of hydrogen-bond acceptors (Lipinski definition) is 5. The van der Waals surface area contributed by atoms with Crippen molar-refractivity contribution in [3.8, 4) is 0 Å². The maximum atomic E-state index is 8.46. The molecule has 1 unspecified atom stereocenters. The molecular weight excluding hydrogens is 224 g/mol. The van der Waals surface area contributed by atoms with Crippen LogP contribution in [-0.2, 0) is 18.9 Å². The molecule has 0 aromatic carbocycles. The Bertz CT molecular complexity index is 143. The molecule has 0 saturated carbocycles. The molecule has 17 heavy (non-hydrogen) atoms. The van der Waals surface area contributed by atoms with E-state index >= 15 is 0 Å². The van der Waals surface area contributed by atoms with Gasteiger partial charge in [0.1, 0.15) is 0 Å². The van der Waals surface area contributed by atoms with Crippen molar-refractivity contribution in [3.05, 3.63) is 0 Å². The number of aliphatic hydroxyl groups is 1. The molecule has 1 atom stereocenters. The SMILES string of the molecule is CCCOCC(C)OCCOCCOCCO. The van der Waals surface area contributed by atoms with Crippen LogP contribution < -0.4 is 0 Å². The van der Waals surface area contributed by atoms with Crippen LogP contribution in [0.3, 0.4) is 0 Å². The molecule has 0 heterocycles. The molecule has 0 aliphatic heterocycles. The largest absolute Gasteiger partial charge is 0.394 e. The van der Waals surface area contributed by atoms with Gasteiger partial charge in [0.25, 0.3) is 0 Å². The van der Waals surface area contributed by atoms with Crippen molar-refractivity contribution in [2.45, 2.75) is 26.4 Å². The number of aliphatic hydroxyl groups excluding tert-OH is 1. The van der Waals surface area contributed by atoms with Gasteiger partial charge in [-0.25, -0.2) is 0 Å². The molecule has 5 nitrogen and oxygen atoms in total. The van der Waals surface area contributed by atoms with Crippen LogP contribution in [0.1, 0.15) is 20.3 Å². The Kier molecular flexibility index (Phi) is 13.7. The Balaban J connectivity index is 3.05. The van der Waals surface area contributed by atoms with Crippen molar-refractivity contribution in [2.24, 2.45) is 0 Å². The van der Waals surface area contributed by atoms with Crippen LogP contribution in [0.2, 0.25) is 0 Å². The van der Waals surface area contributed by atoms with Crippen LogP contribution in [-0.4, -0.2) is 64.1 Å². The molecule has 0 amide bonds. The van der Waals surface area contributed by atoms with Gasteiger partial charge in [-0.05, 0) is 13.3 Å². The van der Waals surface area contributed by atoms with E-state index in [9.17, 15) is 0 Å². The lowest BCUT2D eigenvalue weighted by Gasteiger charge is -2.13. The third kappa shape index (κ3) is 13.7. The molecule has 5 heteroatoms. The van der Waals surface area contributed by atoms with E-state index in [1.165, 1.54) is 0 Å². The van der Waals surface area contributed by atoms with Gasteiger partial charge in [-0.15, -0.1) is 0 Å². The summed E-state index contributed by atoms with van der Waals surface area (Å²) in [5.41, 5.74) is 0. The van der Waals surface area contributed by atoms with Crippen LogP contribution in [0.4, 0.5) is 0 Å². The fraction of sp³-hybridized carbons (Fsp3) is 1.00. The van der Waals surface area contributed by atoms with Crippen molar-refractivity contribution < 1.29 is 24.1 Å². The second kappa shape index (κ2) is 13.9. The molecule has 0 aliphatic rings. The zero-order chi connectivity index (χ0) is 12.8. The molecule has 0 spiro atoms. The summed E-state index contributed by atoms with van der Waals surface area (Å²) in [6, 6.07) is 0. The van der Waals surface area contributed by atoms with Crippen LogP contribution in [0.5, 0.6) is 0 Å². The van der Waals surface area contributed by atoms with Gasteiger partial charge in [0.05, 0.1) is 52.4 Å². The highest BCUT2D eigenvalue weighted by Crippen LogP contribution is 1.93. The maximum Gasteiger partial charge on any atom is 0.0781 e. The third-order valence-corrected chi connectivity index (χ3v) is 1.94. The lowest BCUT2D eigenvalue weighted by Crippen LogP contribution is -2.19. The summed E-state index contributed by atoms with van der Waals surface area (Å²) < 4.78 is 21.2. The summed E-state index contributed by atoms with van der Waals surface area (Å²) in [4.78, 5) is 0. The van der Waals surface area contributed by atoms with Gasteiger partial charge in [-0.1, -0.05) is 6.92 Å². The minimum Gasteiger partial charge on any atom is -0.394 e. The molecule has 0 aromatic heterocycles. The average Bonchev–Trinajstić information content (AvgIpc) is 2.33. The molecule has 104 valence electrons. The first-order chi connectivity index (χ1) is 8.31. The monoisotopic (exact) mass is 250 g/mol. The lowest BCUT2D eigenvalue weighted by molar-refractivity contribution is -0.0375. The van der Waals surface area contributed by atoms with E-state index in [1.54, 1.807) is 0 Å². The summed E-state index contributed by atoms with van der Waals surface area (Å²) in [5, 5.41) is 8.46. The Morgan fingerprint density at radius 3 is 2.18 bits per heavy atom. The molecular formula is C12H26O5. The summed E-state index contributed by atoms with van der Waals surface area (Å²) in [5.74, 6) is 0. The Hall–Kier alpha value is -0.200. The zero-order valence-electron chi connectivity index (χ0n) is 11.0. The Labute approximate surface area is 104 Å². The smallest absolute Gasteiger partial charge is 0.0781 e. The van der Waals surface area contributed by atoms with Crippen LogP contribution in [0.25, 0.3) is 0 Å². The van der Waals surface area contributed by atoms with Crippen molar-refractivity contribution in [1.82, 2.24) is 0 Å². The highest BCUT2D eigenvalue weighted by Gasteiger charge is 2.01. The van der Waals surface area contributed by atoms with Gasteiger partial charge < -0.3 is 24.1 Å². The molecule has 1 N–H and O–H groups in total. The average molecular weight is 250 g/mol. The van der Waals surface area contributed by atoms with E-state index in [0.29, 0.717) is 39.6 Å². The quantitative estimate of drug-likeness (QED) is 0.491. The van der Waals surface area contributed by atoms with E-state index in [2.05, 4.69) is 6.92 Å². The summed E-state index contributed by atoms with van der Waals surface area (Å²) in [7, 11) is 0. The van der Waals surface area contributed by atoms with Gasteiger partial charge in [0.2, 0.25) is 0 Å². The molecule has 0 saturated heterocycles. The van der Waals surface area contributed by atoms with Gasteiger partial charge >= 0.3 is 0 Å². The van der Waals surface area contributed by atoms with Crippen molar-refractivity contribution in [2.75, 3.05) is 52.9 Å². The van der Waals surface area contributed by atoms with Crippen LogP contribution in [0, 0.1) is 0 Å². The minimum atomic E-state index is 0.0540. The Morgan fingerprint density at radius 1 is 0.882 bits per heavy atom. The van der Waals surface area contributed by atoms with E-state index in [1.807, 2.05) is 6.92 Å². The van der Waals surface area contributed by atoms with Gasteiger partial charge in [-0.2, -0.15) is 0 Å². The van der Waals surface area contributed by atoms with E-state index in [0.717, 1.165) is 13.0 Å². The predicted octanol–water partition coefficient (Wildman–Crippen LogP) is 0.844. The maximum absolute atomic E-state index is 8.46. The second-order valence-corrected chi connectivity index (χ2v) is 3.70. The van der Waals surface area contributed by atoms with Gasteiger partial charge in [0, 0.05) is 6.61 Å². The van der Waals surface area contributed by atoms with Gasteiger partial charge in [0.15, 0.2) is 0 Å². The van der Waals surface area contributed by atoms with E-state index in [-0.39, 0.29) is 12.7 Å². The van der Waals surface area contributed by atoms with E-state index in [4.69, 9.17) is 24.1 Å². The topological polar surface area (TPSA) is 57.2 Å². The van der Waals surface area contributed by atoms with Crippen LogP contribution in [0.15, 0.2) is 0 Å². The van der Waals surface area contributed by atoms with E-state index < -0.39 is 0 Å². The third-order valence-electron chi connectivity index (χ3n) is 1.94. The second-order valence-electron chi connectivity index (χ2n) is 3.70. The predicted molar refractivity (Wildman–Crippen MR) is 65.2 cm³/mol. The minimum absolute atomic E-state index is 0.0540. The molecule has 0 rings (SSSR count). The van der Waals surface area contributed by atoms with Crippen molar-refractivity contribution >= 4 is 0 Å². The summed E-state index contributed by atoms with van der Waals surface area (Å²) in [6.45, 7) is 8.07. The normalized spacial score (nSPS) is 12.9. The first-order valence-corrected chi connectivity index (χ1v) is 6.27. The van der Waals surface area contributed by atoms with Crippen molar-refractivity contribution in [3.63, 3.8) is 0 Å². The zero-order valence-corrected chi connectivity index (χ0v) is 11.0. The first kappa shape index (κ1) is 16.8. The summed E-state index contributed by atoms with van der Waals surface area (Å²) in [6.07, 6.45) is 1.14. The molecule has 0 fully saturated rings. The molecule has 0 aliphatic carbocycles. The highest BCUT2D eigenvalue weighted by atomic mass is 16.6. The lowest BCUT2D eigenvalue weighted by atomic mass is 10.4.